The van der Waals surface area contributed by atoms with Gasteiger partial charge in [0.25, 0.3) is 0 Å². The molecule has 0 N–H and O–H groups in total. The second-order valence-electron chi connectivity index (χ2n) is 6.46. The average Bonchev–Trinajstić information content (AvgIpc) is 2.98. The van der Waals surface area contributed by atoms with E-state index in [1.165, 1.54) is 0 Å². The van der Waals surface area contributed by atoms with Gasteiger partial charge in [-0.1, -0.05) is 15.9 Å². The van der Waals surface area contributed by atoms with E-state index in [-0.39, 0.29) is 6.04 Å². The lowest BCUT2D eigenvalue weighted by atomic mass is 10.1. The lowest BCUT2D eigenvalue weighted by molar-refractivity contribution is 0.274. The fourth-order valence-electron chi connectivity index (χ4n) is 3.58. The summed E-state index contributed by atoms with van der Waals surface area (Å²) in [4.78, 5) is 9.38. The highest BCUT2D eigenvalue weighted by Crippen LogP contribution is 2.30. The smallest absolute Gasteiger partial charge is 0.243 e. The zero-order valence-electron chi connectivity index (χ0n) is 14.3. The second kappa shape index (κ2) is 6.75. The molecule has 0 atom stereocenters. The number of aromatic nitrogens is 3. The number of rotatable bonds is 3. The van der Waals surface area contributed by atoms with E-state index in [4.69, 9.17) is 0 Å². The summed E-state index contributed by atoms with van der Waals surface area (Å²) in [7, 11) is -3.45. The van der Waals surface area contributed by atoms with Crippen LogP contribution in [0.3, 0.4) is 0 Å². The van der Waals surface area contributed by atoms with Gasteiger partial charge in [0.05, 0.1) is 4.90 Å². The molecule has 1 aliphatic heterocycles. The third kappa shape index (κ3) is 3.06. The zero-order chi connectivity index (χ0) is 18.3. The van der Waals surface area contributed by atoms with Crippen LogP contribution in [0.4, 0.5) is 0 Å². The van der Waals surface area contributed by atoms with Crippen molar-refractivity contribution in [1.82, 2.24) is 18.8 Å². The Morgan fingerprint density at radius 2 is 1.81 bits per heavy atom. The first-order chi connectivity index (χ1) is 12.5. The molecule has 0 aliphatic carbocycles. The van der Waals surface area contributed by atoms with Gasteiger partial charge in [-0.15, -0.1) is 0 Å². The molecule has 136 valence electrons. The van der Waals surface area contributed by atoms with Gasteiger partial charge in [0, 0.05) is 29.8 Å². The van der Waals surface area contributed by atoms with Gasteiger partial charge < -0.3 is 4.57 Å². The Balaban J connectivity index is 1.55. The summed E-state index contributed by atoms with van der Waals surface area (Å²) in [6.07, 6.45) is 3.27. The van der Waals surface area contributed by atoms with Gasteiger partial charge in [0.1, 0.15) is 11.3 Å². The molecule has 0 saturated carbocycles. The Hall–Kier alpha value is -1.77. The van der Waals surface area contributed by atoms with Gasteiger partial charge in [-0.25, -0.2) is 18.4 Å². The third-order valence-corrected chi connectivity index (χ3v) is 7.31. The Kier molecular flexibility index (Phi) is 4.58. The van der Waals surface area contributed by atoms with Crippen LogP contribution in [0, 0.1) is 6.92 Å². The first-order valence-electron chi connectivity index (χ1n) is 8.52. The molecule has 1 aliphatic rings. The summed E-state index contributed by atoms with van der Waals surface area (Å²) in [6.45, 7) is 2.97. The lowest BCUT2D eigenvalue weighted by Crippen LogP contribution is -2.39. The first kappa shape index (κ1) is 17.6. The summed E-state index contributed by atoms with van der Waals surface area (Å²) < 4.78 is 30.3. The standard InChI is InChI=1S/C18H19BrN4O2S/c1-13-21-17-3-2-10-20-18(17)23(13)15-8-11-22(12-9-15)26(24,25)16-6-4-14(19)5-7-16/h2-7,10,15H,8-9,11-12H2,1H3. The normalized spacial score (nSPS) is 17.0. The molecule has 6 nitrogen and oxygen atoms in total. The largest absolute Gasteiger partial charge is 0.310 e. The van der Waals surface area contributed by atoms with E-state index in [9.17, 15) is 8.42 Å². The quantitative estimate of drug-likeness (QED) is 0.632. The van der Waals surface area contributed by atoms with Crippen LogP contribution in [-0.4, -0.2) is 40.3 Å². The molecule has 0 spiro atoms. The number of fused-ring (bicyclic) bond motifs is 1. The Labute approximate surface area is 161 Å². The minimum absolute atomic E-state index is 0.214. The van der Waals surface area contributed by atoms with Crippen LogP contribution < -0.4 is 0 Å². The van der Waals surface area contributed by atoms with Crippen molar-refractivity contribution in [3.63, 3.8) is 0 Å². The summed E-state index contributed by atoms with van der Waals surface area (Å²) in [5.74, 6) is 0.924. The first-order valence-corrected chi connectivity index (χ1v) is 10.8. The number of pyridine rings is 1. The molecule has 0 unspecified atom stereocenters. The minimum atomic E-state index is -3.45. The molecule has 0 radical (unpaired) electrons. The van der Waals surface area contributed by atoms with Crippen LogP contribution in [-0.2, 0) is 10.0 Å². The molecule has 1 aromatic carbocycles. The second-order valence-corrected chi connectivity index (χ2v) is 9.32. The van der Waals surface area contributed by atoms with Crippen LogP contribution in [0.15, 0.2) is 52.0 Å². The maximum Gasteiger partial charge on any atom is 0.243 e. The van der Waals surface area contributed by atoms with Crippen molar-refractivity contribution >= 4 is 37.1 Å². The summed E-state index contributed by atoms with van der Waals surface area (Å²) >= 11 is 3.34. The SMILES string of the molecule is Cc1nc2cccnc2n1C1CCN(S(=O)(=O)c2ccc(Br)cc2)CC1. The number of benzene rings is 1. The monoisotopic (exact) mass is 434 g/mol. The fourth-order valence-corrected chi connectivity index (χ4v) is 5.31. The molecule has 3 heterocycles. The third-order valence-electron chi connectivity index (χ3n) is 4.87. The van der Waals surface area contributed by atoms with Gasteiger partial charge in [-0.2, -0.15) is 4.31 Å². The van der Waals surface area contributed by atoms with Crippen molar-refractivity contribution in [3.05, 3.63) is 52.9 Å². The van der Waals surface area contributed by atoms with Gasteiger partial charge in [-0.05, 0) is 56.2 Å². The van der Waals surface area contributed by atoms with E-state index in [1.807, 2.05) is 19.1 Å². The van der Waals surface area contributed by atoms with Crippen molar-refractivity contribution in [2.45, 2.75) is 30.7 Å². The Bertz CT molecular complexity index is 1040. The van der Waals surface area contributed by atoms with Crippen LogP contribution >= 0.6 is 15.9 Å². The summed E-state index contributed by atoms with van der Waals surface area (Å²) in [6, 6.07) is 10.8. The van der Waals surface area contributed by atoms with E-state index in [1.54, 1.807) is 34.8 Å². The van der Waals surface area contributed by atoms with Crippen molar-refractivity contribution < 1.29 is 8.42 Å². The molecule has 0 amide bonds. The molecule has 4 rings (SSSR count). The van der Waals surface area contributed by atoms with Crippen molar-refractivity contribution in [3.8, 4) is 0 Å². The number of imidazole rings is 1. The summed E-state index contributed by atoms with van der Waals surface area (Å²) in [5.41, 5.74) is 1.76. The number of piperidine rings is 1. The van der Waals surface area contributed by atoms with E-state index in [0.717, 1.165) is 34.3 Å². The molecule has 2 aromatic heterocycles. The number of hydrogen-bond acceptors (Lipinski definition) is 4. The van der Waals surface area contributed by atoms with Crippen molar-refractivity contribution in [2.24, 2.45) is 0 Å². The molecule has 0 bridgehead atoms. The topological polar surface area (TPSA) is 68.1 Å². The predicted octanol–water partition coefficient (Wildman–Crippen LogP) is 3.53. The van der Waals surface area contributed by atoms with Crippen molar-refractivity contribution in [1.29, 1.82) is 0 Å². The number of nitrogens with zero attached hydrogens (tertiary/aromatic N) is 4. The van der Waals surface area contributed by atoms with Crippen LogP contribution in [0.1, 0.15) is 24.7 Å². The van der Waals surface area contributed by atoms with E-state index in [0.29, 0.717) is 18.0 Å². The molecule has 26 heavy (non-hydrogen) atoms. The Morgan fingerprint density at radius 1 is 1.12 bits per heavy atom. The van der Waals surface area contributed by atoms with E-state index < -0.39 is 10.0 Å². The molecular weight excluding hydrogens is 416 g/mol. The zero-order valence-corrected chi connectivity index (χ0v) is 16.7. The Morgan fingerprint density at radius 3 is 2.50 bits per heavy atom. The highest BCUT2D eigenvalue weighted by Gasteiger charge is 2.31. The molecule has 1 fully saturated rings. The highest BCUT2D eigenvalue weighted by atomic mass is 79.9. The van der Waals surface area contributed by atoms with Crippen LogP contribution in [0.25, 0.3) is 11.2 Å². The van der Waals surface area contributed by atoms with Gasteiger partial charge >= 0.3 is 0 Å². The summed E-state index contributed by atoms with van der Waals surface area (Å²) in [5, 5.41) is 0. The van der Waals surface area contributed by atoms with Gasteiger partial charge in [0.15, 0.2) is 5.65 Å². The lowest BCUT2D eigenvalue weighted by Gasteiger charge is -2.32. The van der Waals surface area contributed by atoms with E-state index >= 15 is 0 Å². The molecule has 1 saturated heterocycles. The highest BCUT2D eigenvalue weighted by molar-refractivity contribution is 9.10. The van der Waals surface area contributed by atoms with E-state index in [2.05, 4.69) is 30.5 Å². The van der Waals surface area contributed by atoms with Crippen LogP contribution in [0.2, 0.25) is 0 Å². The van der Waals surface area contributed by atoms with Crippen molar-refractivity contribution in [2.75, 3.05) is 13.1 Å². The van der Waals surface area contributed by atoms with Gasteiger partial charge in [-0.3, -0.25) is 0 Å². The maximum absolute atomic E-state index is 12.9. The van der Waals surface area contributed by atoms with Gasteiger partial charge in [0.2, 0.25) is 10.0 Å². The number of aryl methyl sites for hydroxylation is 1. The average molecular weight is 435 g/mol. The number of hydrogen-bond donors (Lipinski definition) is 0. The maximum atomic E-state index is 12.9. The molecule has 8 heteroatoms. The number of sulfonamides is 1. The number of halogens is 1. The molecule has 3 aromatic rings. The van der Waals surface area contributed by atoms with Crippen LogP contribution in [0.5, 0.6) is 0 Å². The fraction of sp³-hybridized carbons (Fsp3) is 0.333. The molecular formula is C18H19BrN4O2S. The minimum Gasteiger partial charge on any atom is -0.310 e. The predicted molar refractivity (Wildman–Crippen MR) is 103 cm³/mol.